The molecule has 0 fully saturated rings. The molecule has 2 nitrogen and oxygen atoms in total. The lowest BCUT2D eigenvalue weighted by atomic mass is 9.85. The van der Waals surface area contributed by atoms with Gasteiger partial charge in [-0.1, -0.05) is 42.5 Å². The minimum absolute atomic E-state index is 0.605. The number of fused-ring (bicyclic) bond motifs is 3. The van der Waals surface area contributed by atoms with E-state index in [1.807, 2.05) is 18.2 Å². The van der Waals surface area contributed by atoms with Crippen LogP contribution in [0.4, 0.5) is 0 Å². The Labute approximate surface area is 99.9 Å². The summed E-state index contributed by atoms with van der Waals surface area (Å²) in [7, 11) is 0. The second-order valence-electron chi connectivity index (χ2n) is 4.85. The number of β-amino-alcohol motifs (C(OH)–C–C–N with tert-alkyl or cyclic N) is 1. The maximum atomic E-state index is 11.0. The number of nitrogens with one attached hydrogen (secondary N) is 1. The quantitative estimate of drug-likeness (QED) is 0.716. The lowest BCUT2D eigenvalue weighted by molar-refractivity contribution is 0.0764. The predicted octanol–water partition coefficient (Wildman–Crippen LogP) is 2.01. The van der Waals surface area contributed by atoms with E-state index in [2.05, 4.69) is 29.6 Å². The van der Waals surface area contributed by atoms with Crippen molar-refractivity contribution in [1.29, 1.82) is 0 Å². The second-order valence-corrected chi connectivity index (χ2v) is 4.85. The molecule has 1 heterocycles. The molecular weight excluding hydrogens is 210 g/mol. The molecule has 1 unspecified atom stereocenters. The molecule has 1 aliphatic carbocycles. The third-order valence-electron chi connectivity index (χ3n) is 3.92. The smallest absolute Gasteiger partial charge is 0.128 e. The summed E-state index contributed by atoms with van der Waals surface area (Å²) in [6, 6.07) is 14.4. The molecule has 0 aromatic heterocycles. The number of rotatable bonds is 0. The molecule has 0 bridgehead atoms. The first kappa shape index (κ1) is 9.40. The summed E-state index contributed by atoms with van der Waals surface area (Å²) in [6.07, 6.45) is 0. The Kier molecular flexibility index (Phi) is 1.64. The molecule has 4 rings (SSSR count). The van der Waals surface area contributed by atoms with Crippen LogP contribution in [0.2, 0.25) is 0 Å². The molecule has 0 amide bonds. The molecule has 0 radical (unpaired) electrons. The molecule has 2 aliphatic rings. The topological polar surface area (TPSA) is 32.3 Å². The Morgan fingerprint density at radius 1 is 1.00 bits per heavy atom. The van der Waals surface area contributed by atoms with Gasteiger partial charge in [-0.3, -0.25) is 0 Å². The van der Waals surface area contributed by atoms with Crippen LogP contribution < -0.4 is 5.32 Å². The van der Waals surface area contributed by atoms with Crippen molar-refractivity contribution in [3.63, 3.8) is 0 Å². The zero-order chi connectivity index (χ0) is 11.5. The fraction of sp³-hybridized carbons (Fsp3) is 0.200. The van der Waals surface area contributed by atoms with Crippen molar-refractivity contribution < 1.29 is 5.11 Å². The van der Waals surface area contributed by atoms with Gasteiger partial charge in [0.15, 0.2) is 0 Å². The highest BCUT2D eigenvalue weighted by Gasteiger charge is 2.44. The number of hydrogen-bond donors (Lipinski definition) is 2. The van der Waals surface area contributed by atoms with Gasteiger partial charge in [0, 0.05) is 18.7 Å². The fourth-order valence-corrected chi connectivity index (χ4v) is 3.24. The molecule has 0 saturated heterocycles. The summed E-state index contributed by atoms with van der Waals surface area (Å²) in [5.41, 5.74) is 4.90. The number of benzene rings is 2. The Morgan fingerprint density at radius 2 is 1.82 bits per heavy atom. The van der Waals surface area contributed by atoms with Gasteiger partial charge in [-0.25, -0.2) is 0 Å². The molecule has 0 saturated carbocycles. The van der Waals surface area contributed by atoms with Crippen LogP contribution in [0.25, 0.3) is 11.1 Å². The maximum Gasteiger partial charge on any atom is 0.128 e. The molecule has 1 atom stereocenters. The highest BCUT2D eigenvalue weighted by molar-refractivity contribution is 5.81. The summed E-state index contributed by atoms with van der Waals surface area (Å²) in [6.45, 7) is 1.45. The van der Waals surface area contributed by atoms with Crippen molar-refractivity contribution >= 4 is 0 Å². The summed E-state index contributed by atoms with van der Waals surface area (Å²) < 4.78 is 0. The van der Waals surface area contributed by atoms with Gasteiger partial charge >= 0.3 is 0 Å². The highest BCUT2D eigenvalue weighted by atomic mass is 16.3. The van der Waals surface area contributed by atoms with Crippen molar-refractivity contribution in [2.75, 3.05) is 6.54 Å². The number of hydrogen-bond acceptors (Lipinski definition) is 2. The Morgan fingerprint density at radius 3 is 2.76 bits per heavy atom. The first-order valence-corrected chi connectivity index (χ1v) is 5.96. The zero-order valence-electron chi connectivity index (χ0n) is 9.40. The van der Waals surface area contributed by atoms with Gasteiger partial charge in [-0.2, -0.15) is 0 Å². The van der Waals surface area contributed by atoms with Crippen LogP contribution in [0.15, 0.2) is 42.5 Å². The number of aliphatic hydroxyl groups is 1. The van der Waals surface area contributed by atoms with E-state index >= 15 is 0 Å². The highest BCUT2D eigenvalue weighted by Crippen LogP contribution is 2.49. The van der Waals surface area contributed by atoms with Crippen molar-refractivity contribution in [2.24, 2.45) is 0 Å². The van der Waals surface area contributed by atoms with Crippen LogP contribution in [0.1, 0.15) is 16.7 Å². The van der Waals surface area contributed by atoms with Crippen LogP contribution in [0, 0.1) is 0 Å². The summed E-state index contributed by atoms with van der Waals surface area (Å²) in [4.78, 5) is 0. The van der Waals surface area contributed by atoms with Gasteiger partial charge in [0.1, 0.15) is 5.60 Å². The molecule has 0 spiro atoms. The molecule has 2 aromatic rings. The lowest BCUT2D eigenvalue weighted by Crippen LogP contribution is -2.42. The van der Waals surface area contributed by atoms with E-state index in [4.69, 9.17) is 0 Å². The molecule has 1 aliphatic heterocycles. The van der Waals surface area contributed by atoms with E-state index in [0.717, 1.165) is 17.7 Å². The van der Waals surface area contributed by atoms with Crippen LogP contribution in [0.5, 0.6) is 0 Å². The van der Waals surface area contributed by atoms with Crippen molar-refractivity contribution in [3.05, 3.63) is 59.2 Å². The van der Waals surface area contributed by atoms with Gasteiger partial charge in [0.25, 0.3) is 0 Å². The molecule has 17 heavy (non-hydrogen) atoms. The van der Waals surface area contributed by atoms with Gasteiger partial charge in [-0.15, -0.1) is 0 Å². The average Bonchev–Trinajstić information content (AvgIpc) is 2.63. The fourth-order valence-electron chi connectivity index (χ4n) is 3.24. The van der Waals surface area contributed by atoms with Crippen LogP contribution in [-0.2, 0) is 12.1 Å². The third-order valence-corrected chi connectivity index (χ3v) is 3.92. The Hall–Kier alpha value is -1.64. The molecule has 2 N–H and O–H groups in total. The third kappa shape index (κ3) is 1.02. The van der Waals surface area contributed by atoms with E-state index in [1.165, 1.54) is 16.7 Å². The maximum absolute atomic E-state index is 11.0. The first-order chi connectivity index (χ1) is 8.31. The van der Waals surface area contributed by atoms with E-state index < -0.39 is 5.60 Å². The lowest BCUT2D eigenvalue weighted by Gasteiger charge is -2.32. The van der Waals surface area contributed by atoms with Gasteiger partial charge < -0.3 is 10.4 Å². The van der Waals surface area contributed by atoms with E-state index in [-0.39, 0.29) is 0 Å². The normalized spacial score (nSPS) is 24.3. The largest absolute Gasteiger partial charge is 0.379 e. The minimum Gasteiger partial charge on any atom is -0.379 e. The van der Waals surface area contributed by atoms with E-state index in [9.17, 15) is 5.11 Å². The van der Waals surface area contributed by atoms with Gasteiger partial charge in [-0.05, 0) is 22.3 Å². The SMILES string of the molecule is OC12CNCc3cccc(c31)-c1ccccc12. The summed E-state index contributed by atoms with van der Waals surface area (Å²) >= 11 is 0. The molecule has 84 valence electrons. The Bertz CT molecular complexity index is 620. The predicted molar refractivity (Wildman–Crippen MR) is 66.6 cm³/mol. The van der Waals surface area contributed by atoms with Crippen molar-refractivity contribution in [3.8, 4) is 11.1 Å². The standard InChI is InChI=1S/C15H13NO/c17-15-9-16-8-10-4-3-6-12(14(10)15)11-5-1-2-7-13(11)15/h1-7,16-17H,8-9H2. The van der Waals surface area contributed by atoms with E-state index in [1.54, 1.807) is 0 Å². The Balaban J connectivity index is 2.16. The van der Waals surface area contributed by atoms with E-state index in [0.29, 0.717) is 6.54 Å². The van der Waals surface area contributed by atoms with Crippen LogP contribution >= 0.6 is 0 Å². The minimum atomic E-state index is -0.833. The van der Waals surface area contributed by atoms with Gasteiger partial charge in [0.2, 0.25) is 0 Å². The second kappa shape index (κ2) is 2.97. The summed E-state index contributed by atoms with van der Waals surface area (Å²) in [5.74, 6) is 0. The average molecular weight is 223 g/mol. The van der Waals surface area contributed by atoms with Crippen LogP contribution in [0.3, 0.4) is 0 Å². The van der Waals surface area contributed by atoms with Crippen molar-refractivity contribution in [1.82, 2.24) is 5.32 Å². The molecule has 2 aromatic carbocycles. The molecule has 2 heteroatoms. The monoisotopic (exact) mass is 223 g/mol. The van der Waals surface area contributed by atoms with Gasteiger partial charge in [0.05, 0.1) is 0 Å². The van der Waals surface area contributed by atoms with Crippen molar-refractivity contribution in [2.45, 2.75) is 12.1 Å². The zero-order valence-corrected chi connectivity index (χ0v) is 9.40. The summed E-state index contributed by atoms with van der Waals surface area (Å²) in [5, 5.41) is 14.3. The molecular formula is C15H13NO. The van der Waals surface area contributed by atoms with Crippen LogP contribution in [-0.4, -0.2) is 11.7 Å². The first-order valence-electron chi connectivity index (χ1n) is 5.96.